The number of halogens is 2. The second kappa shape index (κ2) is 6.83. The lowest BCUT2D eigenvalue weighted by atomic mass is 10.2. The third kappa shape index (κ3) is 4.03. The van der Waals surface area contributed by atoms with Crippen molar-refractivity contribution >= 4 is 56.5 Å². The number of carbonyl (C=O) groups is 1. The highest BCUT2D eigenvalue weighted by molar-refractivity contribution is 9.10. The van der Waals surface area contributed by atoms with E-state index >= 15 is 0 Å². The Balaban J connectivity index is 2.03. The summed E-state index contributed by atoms with van der Waals surface area (Å²) in [6, 6.07) is 14.1. The van der Waals surface area contributed by atoms with Crippen LogP contribution in [0.4, 0.5) is 5.69 Å². The molecule has 0 spiro atoms. The molecule has 0 atom stereocenters. The average Bonchev–Trinajstić information content (AvgIpc) is 2.43. The van der Waals surface area contributed by atoms with E-state index in [2.05, 4.69) is 26.6 Å². The van der Waals surface area contributed by atoms with Crippen molar-refractivity contribution in [2.75, 3.05) is 5.32 Å². The first-order chi connectivity index (χ1) is 9.56. The maximum absolute atomic E-state index is 11.9. The lowest BCUT2D eigenvalue weighted by Crippen LogP contribution is -2.34. The van der Waals surface area contributed by atoms with Gasteiger partial charge < -0.3 is 5.32 Å². The molecule has 0 aliphatic carbocycles. The number of rotatable bonds is 2. The molecule has 0 aliphatic heterocycles. The summed E-state index contributed by atoms with van der Waals surface area (Å²) in [7, 11) is 0. The zero-order chi connectivity index (χ0) is 14.5. The molecule has 2 rings (SSSR count). The van der Waals surface area contributed by atoms with E-state index < -0.39 is 0 Å². The van der Waals surface area contributed by atoms with E-state index in [4.69, 9.17) is 23.8 Å². The van der Waals surface area contributed by atoms with Gasteiger partial charge in [-0.25, -0.2) is 0 Å². The Bertz CT molecular complexity index is 649. The number of nitrogens with one attached hydrogen (secondary N) is 2. The van der Waals surface area contributed by atoms with Gasteiger partial charge >= 0.3 is 0 Å². The van der Waals surface area contributed by atoms with Crippen molar-refractivity contribution in [1.82, 2.24) is 5.32 Å². The number of hydrogen-bond acceptors (Lipinski definition) is 2. The van der Waals surface area contributed by atoms with Gasteiger partial charge in [-0.1, -0.05) is 29.8 Å². The van der Waals surface area contributed by atoms with Crippen LogP contribution in [0.15, 0.2) is 53.0 Å². The molecule has 0 fully saturated rings. The van der Waals surface area contributed by atoms with Crippen LogP contribution in [0, 0.1) is 0 Å². The molecule has 3 nitrogen and oxygen atoms in total. The van der Waals surface area contributed by atoms with Crippen molar-refractivity contribution in [1.29, 1.82) is 0 Å². The summed E-state index contributed by atoms with van der Waals surface area (Å²) in [6.07, 6.45) is 0. The number of carbonyl (C=O) groups excluding carboxylic acids is 1. The fourth-order valence-corrected chi connectivity index (χ4v) is 2.23. The van der Waals surface area contributed by atoms with Crippen molar-refractivity contribution in [3.05, 3.63) is 63.6 Å². The third-order valence-electron chi connectivity index (χ3n) is 2.44. The summed E-state index contributed by atoms with van der Waals surface area (Å²) >= 11 is 14.4. The molecule has 2 N–H and O–H groups in total. The molecule has 0 unspecified atom stereocenters. The van der Waals surface area contributed by atoms with Gasteiger partial charge in [0.05, 0.1) is 5.69 Å². The molecule has 6 heteroatoms. The summed E-state index contributed by atoms with van der Waals surface area (Å²) in [6.45, 7) is 0. The first-order valence-corrected chi connectivity index (χ1v) is 7.26. The predicted octanol–water partition coefficient (Wildman–Crippen LogP) is 4.23. The first-order valence-electron chi connectivity index (χ1n) is 5.68. The Hall–Kier alpha value is -1.43. The quantitative estimate of drug-likeness (QED) is 0.778. The van der Waals surface area contributed by atoms with Crippen LogP contribution >= 0.6 is 39.7 Å². The molecule has 0 heterocycles. The summed E-state index contributed by atoms with van der Waals surface area (Å²) in [5.74, 6) is -0.263. The van der Waals surface area contributed by atoms with Gasteiger partial charge in [-0.2, -0.15) is 0 Å². The van der Waals surface area contributed by atoms with Crippen LogP contribution in [0.5, 0.6) is 0 Å². The molecule has 0 saturated carbocycles. The second-order valence-electron chi connectivity index (χ2n) is 3.90. The van der Waals surface area contributed by atoms with Crippen LogP contribution < -0.4 is 10.6 Å². The summed E-state index contributed by atoms with van der Waals surface area (Å²) < 4.78 is 0.804. The maximum atomic E-state index is 11.9. The number of amides is 1. The molecule has 0 aliphatic rings. The van der Waals surface area contributed by atoms with Crippen LogP contribution in [0.2, 0.25) is 5.02 Å². The van der Waals surface area contributed by atoms with E-state index in [1.165, 1.54) is 0 Å². The molecule has 102 valence electrons. The highest BCUT2D eigenvalue weighted by Gasteiger charge is 2.08. The van der Waals surface area contributed by atoms with E-state index in [0.717, 1.165) is 4.47 Å². The lowest BCUT2D eigenvalue weighted by Gasteiger charge is -2.11. The van der Waals surface area contributed by atoms with Gasteiger partial charge in [0.15, 0.2) is 5.11 Å². The van der Waals surface area contributed by atoms with E-state index in [9.17, 15) is 4.79 Å². The highest BCUT2D eigenvalue weighted by atomic mass is 79.9. The molecule has 0 bridgehead atoms. The number of hydrogen-bond donors (Lipinski definition) is 2. The minimum absolute atomic E-state index is 0.210. The summed E-state index contributed by atoms with van der Waals surface area (Å²) in [5.41, 5.74) is 1.23. The normalized spacial score (nSPS) is 9.90. The first kappa shape index (κ1) is 15.0. The molecule has 0 radical (unpaired) electrons. The van der Waals surface area contributed by atoms with E-state index in [-0.39, 0.29) is 11.0 Å². The van der Waals surface area contributed by atoms with Gasteiger partial charge in [-0.15, -0.1) is 0 Å². The average molecular weight is 370 g/mol. The fourth-order valence-electron chi connectivity index (χ4n) is 1.51. The van der Waals surface area contributed by atoms with Gasteiger partial charge in [0.2, 0.25) is 0 Å². The number of thiocarbonyl (C=S) groups is 1. The fraction of sp³-hybridized carbons (Fsp3) is 0. The Morgan fingerprint density at radius 1 is 1.15 bits per heavy atom. The minimum atomic E-state index is -0.263. The van der Waals surface area contributed by atoms with Crippen molar-refractivity contribution in [2.45, 2.75) is 0 Å². The van der Waals surface area contributed by atoms with Crippen molar-refractivity contribution < 1.29 is 4.79 Å². The van der Waals surface area contributed by atoms with E-state index in [1.807, 2.05) is 6.07 Å². The van der Waals surface area contributed by atoms with Crippen LogP contribution in [0.1, 0.15) is 10.4 Å². The molecule has 0 aromatic heterocycles. The highest BCUT2D eigenvalue weighted by Crippen LogP contribution is 2.25. The SMILES string of the molecule is O=C(NC(=S)Nc1cc(Cl)ccc1Br)c1ccccc1. The molecule has 0 saturated heterocycles. The number of benzene rings is 2. The largest absolute Gasteiger partial charge is 0.331 e. The number of anilines is 1. The third-order valence-corrected chi connectivity index (χ3v) is 3.57. The van der Waals surface area contributed by atoms with Gasteiger partial charge in [0, 0.05) is 15.1 Å². The van der Waals surface area contributed by atoms with Crippen molar-refractivity contribution in [3.63, 3.8) is 0 Å². The van der Waals surface area contributed by atoms with Crippen molar-refractivity contribution in [3.8, 4) is 0 Å². The maximum Gasteiger partial charge on any atom is 0.257 e. The molecular formula is C14H10BrClN2OS. The monoisotopic (exact) mass is 368 g/mol. The van der Waals surface area contributed by atoms with Gasteiger partial charge in [-0.05, 0) is 58.5 Å². The molecule has 20 heavy (non-hydrogen) atoms. The Morgan fingerprint density at radius 2 is 1.85 bits per heavy atom. The molecular weight excluding hydrogens is 360 g/mol. The van der Waals surface area contributed by atoms with E-state index in [1.54, 1.807) is 42.5 Å². The van der Waals surface area contributed by atoms with Crippen molar-refractivity contribution in [2.24, 2.45) is 0 Å². The van der Waals surface area contributed by atoms with Crippen LogP contribution in [0.25, 0.3) is 0 Å². The zero-order valence-corrected chi connectivity index (χ0v) is 13.3. The molecule has 2 aromatic carbocycles. The minimum Gasteiger partial charge on any atom is -0.331 e. The molecule has 1 amide bonds. The second-order valence-corrected chi connectivity index (χ2v) is 5.60. The molecule has 2 aromatic rings. The Labute approximate surface area is 135 Å². The lowest BCUT2D eigenvalue weighted by molar-refractivity contribution is 0.0978. The van der Waals surface area contributed by atoms with Crippen LogP contribution in [-0.4, -0.2) is 11.0 Å². The smallest absolute Gasteiger partial charge is 0.257 e. The summed E-state index contributed by atoms with van der Waals surface area (Å²) in [5, 5.41) is 6.32. The van der Waals surface area contributed by atoms with Crippen LogP contribution in [0.3, 0.4) is 0 Å². The Morgan fingerprint density at radius 3 is 2.55 bits per heavy atom. The van der Waals surface area contributed by atoms with Gasteiger partial charge in [0.1, 0.15) is 0 Å². The Kier molecular flexibility index (Phi) is 5.11. The van der Waals surface area contributed by atoms with Gasteiger partial charge in [0.25, 0.3) is 5.91 Å². The predicted molar refractivity (Wildman–Crippen MR) is 89.3 cm³/mol. The van der Waals surface area contributed by atoms with Crippen LogP contribution in [-0.2, 0) is 0 Å². The standard InChI is InChI=1S/C14H10BrClN2OS/c15-11-7-6-10(16)8-12(11)17-14(20)18-13(19)9-4-2-1-3-5-9/h1-8H,(H2,17,18,19,20). The zero-order valence-electron chi connectivity index (χ0n) is 10.2. The summed E-state index contributed by atoms with van der Waals surface area (Å²) in [4.78, 5) is 11.9. The van der Waals surface area contributed by atoms with Gasteiger partial charge in [-0.3, -0.25) is 10.1 Å². The topological polar surface area (TPSA) is 41.1 Å². The van der Waals surface area contributed by atoms with E-state index in [0.29, 0.717) is 16.3 Å².